The highest BCUT2D eigenvalue weighted by Gasteiger charge is 2.28. The van der Waals surface area contributed by atoms with Crippen LogP contribution in [0.25, 0.3) is 72.8 Å². The molecule has 0 amide bonds. The number of imidazole rings is 1. The topological polar surface area (TPSA) is 50.4 Å². The van der Waals surface area contributed by atoms with Crippen molar-refractivity contribution in [3.8, 4) is 72.9 Å². The molecule has 54 heavy (non-hydrogen) atoms. The van der Waals surface area contributed by atoms with Crippen LogP contribution in [0.4, 0.5) is 0 Å². The van der Waals surface area contributed by atoms with Crippen LogP contribution in [0.5, 0.6) is 5.75 Å². The fraction of sp³-hybridized carbons (Fsp3) is 0.160. The van der Waals surface area contributed by atoms with Crippen LogP contribution >= 0.6 is 0 Å². The molecule has 3 heterocycles. The average Bonchev–Trinajstić information content (AvgIpc) is 3.57. The molecule has 1 N–H and O–H groups in total. The predicted molar refractivity (Wildman–Crippen MR) is 225 cm³/mol. The average molecular weight is 704 g/mol. The third-order valence-electron chi connectivity index (χ3n) is 10.3. The Hall–Kier alpha value is -6.26. The number of benzene rings is 5. The number of rotatable bonds is 6. The summed E-state index contributed by atoms with van der Waals surface area (Å²) < 4.78 is 2.17. The first-order valence-electron chi connectivity index (χ1n) is 18.6. The number of aromatic nitrogens is 3. The maximum Gasteiger partial charge on any atom is 0.145 e. The molecule has 4 heteroatoms. The normalized spacial score (nSPS) is 12.0. The zero-order valence-corrected chi connectivity index (χ0v) is 31.8. The third kappa shape index (κ3) is 6.60. The van der Waals surface area contributed by atoms with Crippen molar-refractivity contribution in [2.24, 2.45) is 0 Å². The van der Waals surface area contributed by atoms with Gasteiger partial charge in [0.05, 0.1) is 11.4 Å². The maximum atomic E-state index is 12.0. The second-order valence-electron chi connectivity index (χ2n) is 16.2. The Morgan fingerprint density at radius 3 is 1.78 bits per heavy atom. The lowest BCUT2D eigenvalue weighted by atomic mass is 9.78. The Kier molecular flexibility index (Phi) is 8.78. The van der Waals surface area contributed by atoms with Gasteiger partial charge in [0.25, 0.3) is 0 Å². The van der Waals surface area contributed by atoms with Crippen molar-refractivity contribution >= 4 is 5.65 Å². The quantitative estimate of drug-likeness (QED) is 0.188. The molecule has 8 aromatic rings. The standard InChI is InChI=1S/C50H45N3O/c1-49(2,3)40-31-42(47(54)43(32-40)50(4,5)6)45-46(36-17-11-8-12-18-36)53-28-14-21-41(48(53)52-45)38-19-13-20-39(29-38)44-30-37(26-27-51-44)35-24-22-34(23-25-35)33-15-9-7-10-16-33/h7-32,54H,1-6H3. The molecule has 4 nitrogen and oxygen atoms in total. The first kappa shape index (κ1) is 34.8. The molecule has 0 bridgehead atoms. The van der Waals surface area contributed by atoms with Crippen LogP contribution in [-0.2, 0) is 10.8 Å². The van der Waals surface area contributed by atoms with Crippen LogP contribution in [-0.4, -0.2) is 19.5 Å². The van der Waals surface area contributed by atoms with E-state index < -0.39 is 0 Å². The van der Waals surface area contributed by atoms with E-state index in [2.05, 4.69) is 186 Å². The molecule has 8 rings (SSSR count). The Bertz CT molecular complexity index is 2610. The largest absolute Gasteiger partial charge is 0.507 e. The van der Waals surface area contributed by atoms with E-state index in [1.807, 2.05) is 18.3 Å². The van der Waals surface area contributed by atoms with E-state index in [0.29, 0.717) is 0 Å². The van der Waals surface area contributed by atoms with E-state index in [-0.39, 0.29) is 16.6 Å². The van der Waals surface area contributed by atoms with Gasteiger partial charge in [0.2, 0.25) is 0 Å². The van der Waals surface area contributed by atoms with Crippen molar-refractivity contribution in [2.75, 3.05) is 0 Å². The summed E-state index contributed by atoms with van der Waals surface area (Å²) in [5.41, 5.74) is 14.6. The number of phenolic OH excluding ortho intramolecular Hbond substituents is 1. The molecule has 0 aliphatic heterocycles. The summed E-state index contributed by atoms with van der Waals surface area (Å²) in [5.74, 6) is 0.278. The van der Waals surface area contributed by atoms with Gasteiger partial charge in [0.15, 0.2) is 0 Å². The monoisotopic (exact) mass is 703 g/mol. The molecule has 266 valence electrons. The highest BCUT2D eigenvalue weighted by Crippen LogP contribution is 2.45. The number of pyridine rings is 2. The summed E-state index contributed by atoms with van der Waals surface area (Å²) >= 11 is 0. The minimum atomic E-state index is -0.269. The number of hydrogen-bond donors (Lipinski definition) is 1. The van der Waals surface area contributed by atoms with Crippen molar-refractivity contribution in [3.05, 3.63) is 169 Å². The fourth-order valence-corrected chi connectivity index (χ4v) is 7.27. The molecule has 3 aromatic heterocycles. The van der Waals surface area contributed by atoms with Gasteiger partial charge >= 0.3 is 0 Å². The molecule has 0 aliphatic carbocycles. The number of hydrogen-bond acceptors (Lipinski definition) is 3. The molecular formula is C50H45N3O. The third-order valence-corrected chi connectivity index (χ3v) is 10.3. The Balaban J connectivity index is 1.25. The van der Waals surface area contributed by atoms with Gasteiger partial charge in [-0.3, -0.25) is 9.38 Å². The predicted octanol–water partition coefficient (Wildman–Crippen LogP) is 13.0. The number of aromatic hydroxyl groups is 1. The molecule has 0 spiro atoms. The van der Waals surface area contributed by atoms with Gasteiger partial charge in [-0.15, -0.1) is 0 Å². The van der Waals surface area contributed by atoms with Gasteiger partial charge in [0, 0.05) is 40.2 Å². The van der Waals surface area contributed by atoms with Crippen LogP contribution in [0.2, 0.25) is 0 Å². The molecular weight excluding hydrogens is 659 g/mol. The van der Waals surface area contributed by atoms with Gasteiger partial charge < -0.3 is 5.11 Å². The molecule has 0 atom stereocenters. The van der Waals surface area contributed by atoms with E-state index in [9.17, 15) is 5.11 Å². The van der Waals surface area contributed by atoms with Crippen molar-refractivity contribution in [2.45, 2.75) is 52.4 Å². The summed E-state index contributed by atoms with van der Waals surface area (Å²) in [5, 5.41) is 12.0. The van der Waals surface area contributed by atoms with Crippen molar-refractivity contribution in [1.29, 1.82) is 0 Å². The van der Waals surface area contributed by atoms with Gasteiger partial charge in [-0.1, -0.05) is 151 Å². The van der Waals surface area contributed by atoms with Crippen LogP contribution in [0, 0.1) is 0 Å². The number of phenols is 1. The van der Waals surface area contributed by atoms with E-state index in [0.717, 1.165) is 72.8 Å². The minimum absolute atomic E-state index is 0.128. The summed E-state index contributed by atoms with van der Waals surface area (Å²) in [6, 6.07) is 50.8. The highest BCUT2D eigenvalue weighted by atomic mass is 16.3. The van der Waals surface area contributed by atoms with Gasteiger partial charge in [-0.25, -0.2) is 4.98 Å². The first-order chi connectivity index (χ1) is 26.0. The second kappa shape index (κ2) is 13.6. The van der Waals surface area contributed by atoms with Gasteiger partial charge in [-0.2, -0.15) is 0 Å². The molecule has 0 radical (unpaired) electrons. The number of nitrogens with zero attached hydrogens (tertiary/aromatic N) is 3. The molecule has 0 saturated heterocycles. The van der Waals surface area contributed by atoms with Crippen LogP contribution < -0.4 is 0 Å². The molecule has 5 aromatic carbocycles. The van der Waals surface area contributed by atoms with Gasteiger partial charge in [0.1, 0.15) is 17.1 Å². The maximum absolute atomic E-state index is 12.0. The van der Waals surface area contributed by atoms with E-state index in [4.69, 9.17) is 9.97 Å². The fourth-order valence-electron chi connectivity index (χ4n) is 7.27. The summed E-state index contributed by atoms with van der Waals surface area (Å²) in [7, 11) is 0. The van der Waals surface area contributed by atoms with Crippen molar-refractivity contribution < 1.29 is 5.11 Å². The zero-order chi connectivity index (χ0) is 37.6. The SMILES string of the molecule is CC(C)(C)c1cc(-c2nc3c(-c4cccc(-c5cc(-c6ccc(-c7ccccc7)cc6)ccn5)c4)cccn3c2-c2ccccc2)c(O)c(C(C)(C)C)c1. The summed E-state index contributed by atoms with van der Waals surface area (Å²) in [6.07, 6.45) is 3.96. The summed E-state index contributed by atoms with van der Waals surface area (Å²) in [6.45, 7) is 13.1. The Morgan fingerprint density at radius 2 is 1.11 bits per heavy atom. The van der Waals surface area contributed by atoms with Gasteiger partial charge in [-0.05, 0) is 80.6 Å². The van der Waals surface area contributed by atoms with Crippen LogP contribution in [0.1, 0.15) is 52.7 Å². The van der Waals surface area contributed by atoms with Crippen molar-refractivity contribution in [1.82, 2.24) is 14.4 Å². The lowest BCUT2D eigenvalue weighted by Gasteiger charge is -2.27. The first-order valence-corrected chi connectivity index (χ1v) is 18.6. The minimum Gasteiger partial charge on any atom is -0.507 e. The number of fused-ring (bicyclic) bond motifs is 1. The molecule has 0 unspecified atom stereocenters. The van der Waals surface area contributed by atoms with Crippen LogP contribution in [0.3, 0.4) is 0 Å². The van der Waals surface area contributed by atoms with Crippen LogP contribution in [0.15, 0.2) is 158 Å². The highest BCUT2D eigenvalue weighted by molar-refractivity contribution is 5.90. The molecule has 0 saturated carbocycles. The van der Waals surface area contributed by atoms with E-state index in [1.165, 1.54) is 11.1 Å². The smallest absolute Gasteiger partial charge is 0.145 e. The van der Waals surface area contributed by atoms with E-state index >= 15 is 0 Å². The summed E-state index contributed by atoms with van der Waals surface area (Å²) in [4.78, 5) is 10.2. The second-order valence-corrected chi connectivity index (χ2v) is 16.2. The molecule has 0 fully saturated rings. The Labute approximate surface area is 318 Å². The van der Waals surface area contributed by atoms with Crippen molar-refractivity contribution in [3.63, 3.8) is 0 Å². The lowest BCUT2D eigenvalue weighted by molar-refractivity contribution is 0.446. The zero-order valence-electron chi connectivity index (χ0n) is 31.8. The lowest BCUT2D eigenvalue weighted by Crippen LogP contribution is -2.17. The Morgan fingerprint density at radius 1 is 0.500 bits per heavy atom. The molecule has 0 aliphatic rings. The van der Waals surface area contributed by atoms with E-state index in [1.54, 1.807) is 0 Å².